The maximum atomic E-state index is 2.46. The van der Waals surface area contributed by atoms with Gasteiger partial charge in [-0.05, 0) is 69.8 Å². The molecule has 204 valence electrons. The first-order valence-electron chi connectivity index (χ1n) is 15.0. The van der Waals surface area contributed by atoms with Crippen molar-refractivity contribution in [3.05, 3.63) is 157 Å². The average molecular weight is 551 g/mol. The van der Waals surface area contributed by atoms with Crippen LogP contribution in [0.15, 0.2) is 146 Å². The van der Waals surface area contributed by atoms with Gasteiger partial charge in [-0.25, -0.2) is 0 Å². The number of para-hydroxylation sites is 2. The van der Waals surface area contributed by atoms with Crippen molar-refractivity contribution in [1.29, 1.82) is 0 Å². The van der Waals surface area contributed by atoms with E-state index in [1.54, 1.807) is 0 Å². The molecule has 2 heterocycles. The molecule has 43 heavy (non-hydrogen) atoms. The molecular weight excluding hydrogens is 520 g/mol. The number of hydrogen-bond acceptors (Lipinski definition) is 1. The smallest absolute Gasteiger partial charge is 0.0634 e. The van der Waals surface area contributed by atoms with Crippen LogP contribution >= 0.6 is 0 Å². The highest BCUT2D eigenvalue weighted by Gasteiger charge is 2.38. The Morgan fingerprint density at radius 3 is 1.91 bits per heavy atom. The standard InChI is InChI=1S/C41H30N2/c1-41(2)35-20-10-8-17-30(35)32-19-12-22-38(39(32)41)42-26-25-34-36(42)24-23-33-29-16-7-6-15-28(29)31-18-9-11-21-37(31)43(40(33)34)27-13-4-3-5-14-27/h3-26H,1-2H3. The fraction of sp³-hybridized carbons (Fsp3) is 0.0732. The normalized spacial score (nSPS) is 14.0. The van der Waals surface area contributed by atoms with Gasteiger partial charge in [0.15, 0.2) is 0 Å². The summed E-state index contributed by atoms with van der Waals surface area (Å²) in [6.07, 6.45) is 2.27. The van der Waals surface area contributed by atoms with Crippen LogP contribution in [0.5, 0.6) is 0 Å². The van der Waals surface area contributed by atoms with Crippen LogP contribution in [-0.4, -0.2) is 4.57 Å². The third kappa shape index (κ3) is 3.29. The molecule has 1 aliphatic heterocycles. The third-order valence-electron chi connectivity index (χ3n) is 9.55. The van der Waals surface area contributed by atoms with Crippen LogP contribution in [0, 0.1) is 0 Å². The quantitative estimate of drug-likeness (QED) is 0.208. The van der Waals surface area contributed by atoms with Gasteiger partial charge in [-0.2, -0.15) is 0 Å². The van der Waals surface area contributed by atoms with E-state index in [1.165, 1.54) is 72.5 Å². The SMILES string of the molecule is CC1(C)c2ccccc2-c2cccc(-n3ccc4c5c(ccc43)-c3ccccc3-c3ccccc3N5c3ccccc3)c21. The van der Waals surface area contributed by atoms with Crippen LogP contribution in [0.4, 0.5) is 17.1 Å². The Bertz CT molecular complexity index is 2220. The summed E-state index contributed by atoms with van der Waals surface area (Å²) in [5.74, 6) is 0. The van der Waals surface area contributed by atoms with Gasteiger partial charge >= 0.3 is 0 Å². The summed E-state index contributed by atoms with van der Waals surface area (Å²) in [6, 6.07) is 51.1. The van der Waals surface area contributed by atoms with Gasteiger partial charge < -0.3 is 9.47 Å². The van der Waals surface area contributed by atoms with E-state index in [4.69, 9.17) is 0 Å². The van der Waals surface area contributed by atoms with Crippen molar-refractivity contribution >= 4 is 28.0 Å². The number of rotatable bonds is 2. The zero-order valence-corrected chi connectivity index (χ0v) is 24.3. The fourth-order valence-corrected chi connectivity index (χ4v) is 7.70. The van der Waals surface area contributed by atoms with Crippen molar-refractivity contribution in [2.45, 2.75) is 19.3 Å². The van der Waals surface area contributed by atoms with Gasteiger partial charge in [0.25, 0.3) is 0 Å². The Kier molecular flexibility index (Phi) is 4.99. The Morgan fingerprint density at radius 1 is 0.465 bits per heavy atom. The predicted octanol–water partition coefficient (Wildman–Crippen LogP) is 11.1. The summed E-state index contributed by atoms with van der Waals surface area (Å²) in [6.45, 7) is 4.73. The lowest BCUT2D eigenvalue weighted by atomic mass is 9.81. The molecule has 0 saturated carbocycles. The van der Waals surface area contributed by atoms with E-state index in [0.29, 0.717) is 0 Å². The average Bonchev–Trinajstić information content (AvgIpc) is 3.55. The number of anilines is 3. The molecule has 7 aromatic rings. The van der Waals surface area contributed by atoms with E-state index < -0.39 is 0 Å². The highest BCUT2D eigenvalue weighted by Crippen LogP contribution is 2.54. The summed E-state index contributed by atoms with van der Waals surface area (Å²) >= 11 is 0. The number of hydrogen-bond donors (Lipinski definition) is 0. The second kappa shape index (κ2) is 8.83. The van der Waals surface area contributed by atoms with Crippen LogP contribution in [0.25, 0.3) is 50.0 Å². The Morgan fingerprint density at radius 2 is 1.09 bits per heavy atom. The highest BCUT2D eigenvalue weighted by molar-refractivity contribution is 6.11. The fourth-order valence-electron chi connectivity index (χ4n) is 7.70. The molecule has 1 aliphatic carbocycles. The molecule has 6 aromatic carbocycles. The van der Waals surface area contributed by atoms with Gasteiger partial charge in [-0.1, -0.05) is 117 Å². The van der Waals surface area contributed by atoms with Crippen LogP contribution in [0.2, 0.25) is 0 Å². The molecule has 0 radical (unpaired) electrons. The third-order valence-corrected chi connectivity index (χ3v) is 9.55. The Labute approximate surface area is 252 Å². The van der Waals surface area contributed by atoms with Crippen molar-refractivity contribution < 1.29 is 0 Å². The minimum absolute atomic E-state index is 0.0985. The molecule has 0 fully saturated rings. The predicted molar refractivity (Wildman–Crippen MR) is 180 cm³/mol. The number of fused-ring (bicyclic) bond motifs is 10. The Balaban J connectivity index is 1.36. The molecule has 9 rings (SSSR count). The van der Waals surface area contributed by atoms with Crippen LogP contribution in [0.1, 0.15) is 25.0 Å². The summed E-state index contributed by atoms with van der Waals surface area (Å²) in [4.78, 5) is 2.46. The highest BCUT2D eigenvalue weighted by atomic mass is 15.2. The molecule has 0 spiro atoms. The van der Waals surface area contributed by atoms with Gasteiger partial charge in [0.1, 0.15) is 0 Å². The van der Waals surface area contributed by atoms with E-state index in [9.17, 15) is 0 Å². The summed E-state index contributed by atoms with van der Waals surface area (Å²) in [5.41, 5.74) is 16.4. The van der Waals surface area contributed by atoms with Crippen molar-refractivity contribution in [1.82, 2.24) is 4.57 Å². The molecule has 2 nitrogen and oxygen atoms in total. The van der Waals surface area contributed by atoms with Crippen LogP contribution < -0.4 is 4.90 Å². The van der Waals surface area contributed by atoms with E-state index in [1.807, 2.05) is 0 Å². The molecule has 2 heteroatoms. The topological polar surface area (TPSA) is 8.17 Å². The van der Waals surface area contributed by atoms with Gasteiger partial charge in [0.05, 0.1) is 22.6 Å². The molecule has 0 amide bonds. The lowest BCUT2D eigenvalue weighted by molar-refractivity contribution is 0.656. The molecule has 0 atom stereocenters. The molecule has 0 N–H and O–H groups in total. The number of aromatic nitrogens is 1. The van der Waals surface area contributed by atoms with E-state index in [-0.39, 0.29) is 5.41 Å². The first-order chi connectivity index (χ1) is 21.1. The van der Waals surface area contributed by atoms with Gasteiger partial charge in [0.2, 0.25) is 0 Å². The first-order valence-corrected chi connectivity index (χ1v) is 15.0. The van der Waals surface area contributed by atoms with Gasteiger partial charge in [-0.15, -0.1) is 0 Å². The first kappa shape index (κ1) is 24.3. The van der Waals surface area contributed by atoms with Crippen molar-refractivity contribution in [3.8, 4) is 39.1 Å². The zero-order chi connectivity index (χ0) is 28.7. The number of nitrogens with zero attached hydrogens (tertiary/aromatic N) is 2. The van der Waals surface area contributed by atoms with E-state index in [2.05, 4.69) is 169 Å². The molecule has 2 aliphatic rings. The minimum Gasteiger partial charge on any atom is -0.316 e. The monoisotopic (exact) mass is 550 g/mol. The summed E-state index contributed by atoms with van der Waals surface area (Å²) < 4.78 is 2.41. The Hall–Kier alpha value is -5.34. The second-order valence-corrected chi connectivity index (χ2v) is 12.2. The minimum atomic E-state index is -0.0985. The second-order valence-electron chi connectivity index (χ2n) is 12.2. The summed E-state index contributed by atoms with van der Waals surface area (Å²) in [7, 11) is 0. The molecule has 0 unspecified atom stereocenters. The van der Waals surface area contributed by atoms with Crippen LogP contribution in [-0.2, 0) is 5.41 Å². The molecule has 0 bridgehead atoms. The molecule has 0 saturated heterocycles. The van der Waals surface area contributed by atoms with E-state index in [0.717, 1.165) is 5.69 Å². The van der Waals surface area contributed by atoms with Gasteiger partial charge in [-0.3, -0.25) is 0 Å². The van der Waals surface area contributed by atoms with Crippen molar-refractivity contribution in [2.75, 3.05) is 4.90 Å². The zero-order valence-electron chi connectivity index (χ0n) is 24.3. The largest absolute Gasteiger partial charge is 0.316 e. The lowest BCUT2D eigenvalue weighted by Gasteiger charge is -2.28. The molecule has 1 aromatic heterocycles. The molecular formula is C41H30N2. The van der Waals surface area contributed by atoms with E-state index >= 15 is 0 Å². The van der Waals surface area contributed by atoms with Gasteiger partial charge in [0, 0.05) is 33.8 Å². The summed E-state index contributed by atoms with van der Waals surface area (Å²) in [5, 5.41) is 1.23. The maximum Gasteiger partial charge on any atom is 0.0634 e. The van der Waals surface area contributed by atoms with Crippen LogP contribution in [0.3, 0.4) is 0 Å². The number of benzene rings is 6. The van der Waals surface area contributed by atoms with Crippen molar-refractivity contribution in [2.24, 2.45) is 0 Å². The lowest BCUT2D eigenvalue weighted by Crippen LogP contribution is -2.17. The van der Waals surface area contributed by atoms with Crippen molar-refractivity contribution in [3.63, 3.8) is 0 Å². The maximum absolute atomic E-state index is 2.46.